The largest absolute Gasteiger partial charge is 0.362 e. The van der Waals surface area contributed by atoms with E-state index >= 15 is 0 Å². The van der Waals surface area contributed by atoms with Gasteiger partial charge in [-0.15, -0.1) is 0 Å². The Labute approximate surface area is 143 Å². The van der Waals surface area contributed by atoms with Crippen LogP contribution < -0.4 is 10.2 Å². The van der Waals surface area contributed by atoms with Crippen LogP contribution in [0.25, 0.3) is 0 Å². The van der Waals surface area contributed by atoms with Crippen molar-refractivity contribution in [3.63, 3.8) is 0 Å². The Hall–Kier alpha value is -2.36. The first-order valence-corrected chi connectivity index (χ1v) is 8.50. The summed E-state index contributed by atoms with van der Waals surface area (Å²) in [5, 5.41) is 3.06. The molecule has 0 unspecified atom stereocenters. The Kier molecular flexibility index (Phi) is 6.36. The van der Waals surface area contributed by atoms with Gasteiger partial charge in [-0.25, -0.2) is 4.39 Å². The summed E-state index contributed by atoms with van der Waals surface area (Å²) in [6, 6.07) is 12.4. The maximum absolute atomic E-state index is 13.4. The van der Waals surface area contributed by atoms with E-state index in [1.54, 1.807) is 6.07 Å². The van der Waals surface area contributed by atoms with Crippen LogP contribution in [-0.4, -0.2) is 19.0 Å². The van der Waals surface area contributed by atoms with Crippen LogP contribution in [-0.2, 0) is 17.6 Å². The molecule has 3 nitrogen and oxygen atoms in total. The number of para-hydroxylation sites is 1. The standard InChI is InChI=1S/C20H25FN2O/c1-4-15-9-7-10-16(5-2)20(15)22-19(24)14-23(6-3)18-12-8-11-17(21)13-18/h7-13H,4-6,14H2,1-3H3,(H,22,24). The van der Waals surface area contributed by atoms with Gasteiger partial charge in [-0.3, -0.25) is 4.79 Å². The molecule has 0 atom stereocenters. The van der Waals surface area contributed by atoms with Crippen molar-refractivity contribution in [2.75, 3.05) is 23.3 Å². The van der Waals surface area contributed by atoms with E-state index in [1.165, 1.54) is 12.1 Å². The van der Waals surface area contributed by atoms with Crippen molar-refractivity contribution in [2.45, 2.75) is 33.6 Å². The number of benzene rings is 2. The van der Waals surface area contributed by atoms with Crippen LogP contribution in [0.1, 0.15) is 31.9 Å². The molecule has 24 heavy (non-hydrogen) atoms. The van der Waals surface area contributed by atoms with Crippen LogP contribution in [0.3, 0.4) is 0 Å². The first-order valence-electron chi connectivity index (χ1n) is 8.50. The molecule has 1 N–H and O–H groups in total. The second-order valence-electron chi connectivity index (χ2n) is 5.70. The van der Waals surface area contributed by atoms with E-state index in [1.807, 2.05) is 36.1 Å². The number of rotatable bonds is 7. The molecule has 2 aromatic rings. The second kappa shape index (κ2) is 8.48. The summed E-state index contributed by atoms with van der Waals surface area (Å²) < 4.78 is 13.4. The van der Waals surface area contributed by atoms with Crippen molar-refractivity contribution >= 4 is 17.3 Å². The van der Waals surface area contributed by atoms with Crippen LogP contribution in [0.2, 0.25) is 0 Å². The zero-order valence-electron chi connectivity index (χ0n) is 14.6. The number of hydrogen-bond acceptors (Lipinski definition) is 2. The van der Waals surface area contributed by atoms with E-state index < -0.39 is 0 Å². The number of hydrogen-bond donors (Lipinski definition) is 1. The van der Waals surface area contributed by atoms with E-state index in [9.17, 15) is 9.18 Å². The van der Waals surface area contributed by atoms with Gasteiger partial charge in [0.25, 0.3) is 0 Å². The quantitative estimate of drug-likeness (QED) is 0.816. The molecule has 0 bridgehead atoms. The first-order chi connectivity index (χ1) is 11.6. The van der Waals surface area contributed by atoms with Crippen LogP contribution in [0, 0.1) is 5.82 Å². The molecule has 0 saturated carbocycles. The van der Waals surface area contributed by atoms with Crippen molar-refractivity contribution in [2.24, 2.45) is 0 Å². The molecule has 0 aliphatic carbocycles. The molecular weight excluding hydrogens is 303 g/mol. The maximum Gasteiger partial charge on any atom is 0.243 e. The summed E-state index contributed by atoms with van der Waals surface area (Å²) in [5.74, 6) is -0.382. The minimum absolute atomic E-state index is 0.0864. The second-order valence-corrected chi connectivity index (χ2v) is 5.70. The third-order valence-electron chi connectivity index (χ3n) is 4.15. The highest BCUT2D eigenvalue weighted by Crippen LogP contribution is 2.23. The fraction of sp³-hybridized carbons (Fsp3) is 0.350. The third-order valence-corrected chi connectivity index (χ3v) is 4.15. The van der Waals surface area contributed by atoms with Crippen LogP contribution in [0.15, 0.2) is 42.5 Å². The van der Waals surface area contributed by atoms with Crippen LogP contribution >= 0.6 is 0 Å². The minimum Gasteiger partial charge on any atom is -0.362 e. The number of amides is 1. The number of halogens is 1. The van der Waals surface area contributed by atoms with Crippen molar-refractivity contribution in [1.29, 1.82) is 0 Å². The smallest absolute Gasteiger partial charge is 0.243 e. The van der Waals surface area contributed by atoms with E-state index in [4.69, 9.17) is 0 Å². The fourth-order valence-electron chi connectivity index (χ4n) is 2.81. The van der Waals surface area contributed by atoms with Crippen LogP contribution in [0.4, 0.5) is 15.8 Å². The number of nitrogens with one attached hydrogen (secondary N) is 1. The van der Waals surface area contributed by atoms with Gasteiger partial charge in [0, 0.05) is 17.9 Å². The molecule has 4 heteroatoms. The zero-order chi connectivity index (χ0) is 17.5. The van der Waals surface area contributed by atoms with E-state index in [2.05, 4.69) is 19.2 Å². The zero-order valence-corrected chi connectivity index (χ0v) is 14.6. The molecule has 0 heterocycles. The van der Waals surface area contributed by atoms with Crippen molar-refractivity contribution in [1.82, 2.24) is 0 Å². The summed E-state index contributed by atoms with van der Waals surface area (Å²) in [6.45, 7) is 6.94. The van der Waals surface area contributed by atoms with E-state index in [-0.39, 0.29) is 18.3 Å². The monoisotopic (exact) mass is 328 g/mol. The Morgan fingerprint density at radius 1 is 1.04 bits per heavy atom. The lowest BCUT2D eigenvalue weighted by Gasteiger charge is -2.23. The predicted octanol–water partition coefficient (Wildman–Crippen LogP) is 4.42. The number of aryl methyl sites for hydroxylation is 2. The lowest BCUT2D eigenvalue weighted by Crippen LogP contribution is -2.33. The number of likely N-dealkylation sites (N-methyl/N-ethyl adjacent to an activating group) is 1. The molecule has 0 fully saturated rings. The minimum atomic E-state index is -0.295. The molecule has 2 aromatic carbocycles. The molecule has 0 aliphatic rings. The SMILES string of the molecule is CCc1cccc(CC)c1NC(=O)CN(CC)c1cccc(F)c1. The van der Waals surface area contributed by atoms with Crippen molar-refractivity contribution in [3.05, 3.63) is 59.4 Å². The summed E-state index contributed by atoms with van der Waals surface area (Å²) in [5.41, 5.74) is 3.91. The lowest BCUT2D eigenvalue weighted by molar-refractivity contribution is -0.115. The van der Waals surface area contributed by atoms with Crippen molar-refractivity contribution < 1.29 is 9.18 Å². The van der Waals surface area contributed by atoms with Gasteiger partial charge >= 0.3 is 0 Å². The van der Waals surface area contributed by atoms with E-state index in [0.29, 0.717) is 12.2 Å². The molecule has 0 aromatic heterocycles. The number of anilines is 2. The molecule has 128 valence electrons. The average molecular weight is 328 g/mol. The van der Waals surface area contributed by atoms with Crippen molar-refractivity contribution in [3.8, 4) is 0 Å². The van der Waals surface area contributed by atoms with Gasteiger partial charge in [0.15, 0.2) is 0 Å². The molecule has 0 spiro atoms. The molecule has 0 saturated heterocycles. The Morgan fingerprint density at radius 3 is 2.21 bits per heavy atom. The summed E-state index contributed by atoms with van der Waals surface area (Å²) in [4.78, 5) is 14.4. The van der Waals surface area contributed by atoms with Gasteiger partial charge in [-0.2, -0.15) is 0 Å². The molecule has 0 radical (unpaired) electrons. The first kappa shape index (κ1) is 18.0. The van der Waals surface area contributed by atoms with Gasteiger partial charge in [0.1, 0.15) is 5.82 Å². The van der Waals surface area contributed by atoms with Gasteiger partial charge < -0.3 is 10.2 Å². The Bertz CT molecular complexity index is 678. The fourth-order valence-corrected chi connectivity index (χ4v) is 2.81. The number of carbonyl (C=O) groups is 1. The number of carbonyl (C=O) groups excluding carboxylic acids is 1. The average Bonchev–Trinajstić information content (AvgIpc) is 2.59. The Balaban J connectivity index is 2.15. The number of nitrogens with zero attached hydrogens (tertiary/aromatic N) is 1. The normalized spacial score (nSPS) is 10.5. The molecule has 0 aliphatic heterocycles. The molecule has 2 rings (SSSR count). The topological polar surface area (TPSA) is 32.3 Å². The van der Waals surface area contributed by atoms with E-state index in [0.717, 1.165) is 29.7 Å². The predicted molar refractivity (Wildman–Crippen MR) is 98.1 cm³/mol. The van der Waals surface area contributed by atoms with Gasteiger partial charge in [-0.05, 0) is 49.1 Å². The summed E-state index contributed by atoms with van der Waals surface area (Å²) >= 11 is 0. The van der Waals surface area contributed by atoms with Gasteiger partial charge in [0.2, 0.25) is 5.91 Å². The highest BCUT2D eigenvalue weighted by molar-refractivity contribution is 5.95. The highest BCUT2D eigenvalue weighted by atomic mass is 19.1. The summed E-state index contributed by atoms with van der Waals surface area (Å²) in [7, 11) is 0. The van der Waals surface area contributed by atoms with Gasteiger partial charge in [0.05, 0.1) is 6.54 Å². The van der Waals surface area contributed by atoms with Crippen LogP contribution in [0.5, 0.6) is 0 Å². The lowest BCUT2D eigenvalue weighted by atomic mass is 10.0. The molecular formula is C20H25FN2O. The third kappa shape index (κ3) is 4.34. The maximum atomic E-state index is 13.4. The highest BCUT2D eigenvalue weighted by Gasteiger charge is 2.14. The summed E-state index contributed by atoms with van der Waals surface area (Å²) in [6.07, 6.45) is 1.73. The van der Waals surface area contributed by atoms with Gasteiger partial charge in [-0.1, -0.05) is 38.1 Å². The molecule has 1 amide bonds. The Morgan fingerprint density at radius 2 is 1.67 bits per heavy atom.